The molecule has 0 aliphatic rings. The smallest absolute Gasteiger partial charge is 0.239 e. The Kier molecular flexibility index (Phi) is 4.12. The van der Waals surface area contributed by atoms with E-state index in [4.69, 9.17) is 17.3 Å². The van der Waals surface area contributed by atoms with Gasteiger partial charge in [-0.05, 0) is 36.6 Å². The van der Waals surface area contributed by atoms with E-state index in [0.29, 0.717) is 6.54 Å². The van der Waals surface area contributed by atoms with Crippen molar-refractivity contribution in [1.29, 1.82) is 0 Å². The van der Waals surface area contributed by atoms with Crippen LogP contribution in [0.15, 0.2) is 12.1 Å². The first-order chi connectivity index (χ1) is 7.10. The summed E-state index contributed by atoms with van der Waals surface area (Å²) in [7, 11) is 0. The van der Waals surface area contributed by atoms with Crippen LogP contribution in [-0.4, -0.2) is 11.8 Å². The van der Waals surface area contributed by atoms with Crippen molar-refractivity contribution < 1.29 is 4.79 Å². The highest BCUT2D eigenvalue weighted by molar-refractivity contribution is 6.29. The van der Waals surface area contributed by atoms with Gasteiger partial charge in [0.15, 0.2) is 0 Å². The Hall–Kier alpha value is -1.06. The topological polar surface area (TPSA) is 55.1 Å². The lowest BCUT2D eigenvalue weighted by molar-refractivity contribution is -0.113. The molecule has 82 valence electrons. The molecule has 1 aromatic carbocycles. The molecule has 3 nitrogen and oxygen atoms in total. The zero-order valence-corrected chi connectivity index (χ0v) is 9.69. The van der Waals surface area contributed by atoms with Crippen LogP contribution < -0.4 is 11.1 Å². The van der Waals surface area contributed by atoms with Crippen molar-refractivity contribution in [2.75, 3.05) is 11.2 Å². The number of benzene rings is 1. The standard InChI is InChI=1S/C11H15ClN2O/c1-7-3-4-10(14-11(15)5-12)8(2)9(7)6-13/h3-4H,5-6,13H2,1-2H3,(H,14,15). The van der Waals surface area contributed by atoms with Gasteiger partial charge in [0.25, 0.3) is 0 Å². The van der Waals surface area contributed by atoms with Crippen molar-refractivity contribution in [3.63, 3.8) is 0 Å². The van der Waals surface area contributed by atoms with Crippen molar-refractivity contribution in [2.45, 2.75) is 20.4 Å². The van der Waals surface area contributed by atoms with Crippen molar-refractivity contribution >= 4 is 23.2 Å². The van der Waals surface area contributed by atoms with Crippen LogP contribution in [0.4, 0.5) is 5.69 Å². The quantitative estimate of drug-likeness (QED) is 0.774. The zero-order valence-electron chi connectivity index (χ0n) is 8.93. The third-order valence-corrected chi connectivity index (χ3v) is 2.68. The molecule has 0 unspecified atom stereocenters. The summed E-state index contributed by atoms with van der Waals surface area (Å²) in [6, 6.07) is 3.81. The number of anilines is 1. The molecular weight excluding hydrogens is 212 g/mol. The van der Waals surface area contributed by atoms with E-state index in [2.05, 4.69) is 5.32 Å². The SMILES string of the molecule is Cc1ccc(NC(=O)CCl)c(C)c1CN. The molecular formula is C11H15ClN2O. The van der Waals surface area contributed by atoms with Crippen LogP contribution in [0.1, 0.15) is 16.7 Å². The predicted molar refractivity (Wildman–Crippen MR) is 63.2 cm³/mol. The molecule has 0 heterocycles. The highest BCUT2D eigenvalue weighted by Gasteiger charge is 2.08. The molecule has 0 aromatic heterocycles. The number of halogens is 1. The van der Waals surface area contributed by atoms with E-state index < -0.39 is 0 Å². The first kappa shape index (κ1) is 12.0. The molecule has 1 amide bonds. The van der Waals surface area contributed by atoms with Gasteiger partial charge in [-0.15, -0.1) is 11.6 Å². The van der Waals surface area contributed by atoms with Crippen LogP contribution in [0.2, 0.25) is 0 Å². The average Bonchev–Trinajstić information content (AvgIpc) is 2.23. The van der Waals surface area contributed by atoms with Gasteiger partial charge in [0.1, 0.15) is 5.88 Å². The van der Waals surface area contributed by atoms with Crippen molar-refractivity contribution in [3.05, 3.63) is 28.8 Å². The summed E-state index contributed by atoms with van der Waals surface area (Å²) in [5.74, 6) is -0.239. The number of alkyl halides is 1. The second kappa shape index (κ2) is 5.14. The maximum absolute atomic E-state index is 11.1. The number of hydrogen-bond acceptors (Lipinski definition) is 2. The summed E-state index contributed by atoms with van der Waals surface area (Å²) in [5, 5.41) is 2.74. The summed E-state index contributed by atoms with van der Waals surface area (Å²) in [6.45, 7) is 4.42. The lowest BCUT2D eigenvalue weighted by Crippen LogP contribution is -2.15. The second-order valence-corrected chi connectivity index (χ2v) is 3.69. The Balaban J connectivity index is 3.05. The molecule has 3 N–H and O–H groups in total. The first-order valence-corrected chi connectivity index (χ1v) is 5.28. The summed E-state index contributed by atoms with van der Waals surface area (Å²) >= 11 is 5.42. The number of amides is 1. The highest BCUT2D eigenvalue weighted by Crippen LogP contribution is 2.22. The highest BCUT2D eigenvalue weighted by atomic mass is 35.5. The maximum atomic E-state index is 11.1. The Bertz CT molecular complexity index is 377. The fourth-order valence-electron chi connectivity index (χ4n) is 1.53. The fourth-order valence-corrected chi connectivity index (χ4v) is 1.59. The molecule has 0 fully saturated rings. The molecule has 0 aliphatic carbocycles. The molecule has 0 aliphatic heterocycles. The van der Waals surface area contributed by atoms with Crippen LogP contribution in [0, 0.1) is 13.8 Å². The lowest BCUT2D eigenvalue weighted by Gasteiger charge is -2.13. The summed E-state index contributed by atoms with van der Waals surface area (Å²) in [6.07, 6.45) is 0. The van der Waals surface area contributed by atoms with E-state index >= 15 is 0 Å². The summed E-state index contributed by atoms with van der Waals surface area (Å²) in [5.41, 5.74) is 9.65. The van der Waals surface area contributed by atoms with Crippen LogP contribution in [-0.2, 0) is 11.3 Å². The maximum Gasteiger partial charge on any atom is 0.239 e. The van der Waals surface area contributed by atoms with Crippen molar-refractivity contribution in [2.24, 2.45) is 5.73 Å². The number of aryl methyl sites for hydroxylation is 1. The van der Waals surface area contributed by atoms with Gasteiger partial charge in [-0.1, -0.05) is 6.07 Å². The minimum atomic E-state index is -0.202. The van der Waals surface area contributed by atoms with Gasteiger partial charge in [-0.2, -0.15) is 0 Å². The number of carbonyl (C=O) groups is 1. The van der Waals surface area contributed by atoms with Crippen LogP contribution in [0.25, 0.3) is 0 Å². The van der Waals surface area contributed by atoms with E-state index in [1.165, 1.54) is 0 Å². The third kappa shape index (κ3) is 2.70. The number of rotatable bonds is 3. The Morgan fingerprint density at radius 3 is 2.67 bits per heavy atom. The van der Waals surface area contributed by atoms with Gasteiger partial charge in [0.2, 0.25) is 5.91 Å². The minimum absolute atomic E-state index is 0.0364. The minimum Gasteiger partial charge on any atom is -0.326 e. The molecule has 0 saturated carbocycles. The molecule has 15 heavy (non-hydrogen) atoms. The lowest BCUT2D eigenvalue weighted by atomic mass is 10.0. The summed E-state index contributed by atoms with van der Waals surface area (Å²) < 4.78 is 0. The largest absolute Gasteiger partial charge is 0.326 e. The van der Waals surface area contributed by atoms with Crippen molar-refractivity contribution in [1.82, 2.24) is 0 Å². The first-order valence-electron chi connectivity index (χ1n) is 4.75. The summed E-state index contributed by atoms with van der Waals surface area (Å²) in [4.78, 5) is 11.1. The van der Waals surface area contributed by atoms with E-state index in [-0.39, 0.29) is 11.8 Å². The van der Waals surface area contributed by atoms with Gasteiger partial charge in [0.05, 0.1) is 0 Å². The predicted octanol–water partition coefficient (Wildman–Crippen LogP) is 1.94. The second-order valence-electron chi connectivity index (χ2n) is 3.42. The number of nitrogens with one attached hydrogen (secondary N) is 1. The molecule has 0 atom stereocenters. The Labute approximate surface area is 94.6 Å². The number of nitrogens with two attached hydrogens (primary N) is 1. The van der Waals surface area contributed by atoms with Gasteiger partial charge >= 0.3 is 0 Å². The van der Waals surface area contributed by atoms with Crippen molar-refractivity contribution in [3.8, 4) is 0 Å². The Morgan fingerprint density at radius 2 is 2.13 bits per heavy atom. The van der Waals surface area contributed by atoms with Crippen LogP contribution in [0.5, 0.6) is 0 Å². The molecule has 1 aromatic rings. The van der Waals surface area contributed by atoms with Gasteiger partial charge in [-0.25, -0.2) is 0 Å². The van der Waals surface area contributed by atoms with E-state index in [9.17, 15) is 4.79 Å². The number of carbonyl (C=O) groups excluding carboxylic acids is 1. The van der Waals surface area contributed by atoms with Gasteiger partial charge in [-0.3, -0.25) is 4.79 Å². The fraction of sp³-hybridized carbons (Fsp3) is 0.364. The molecule has 0 bridgehead atoms. The molecule has 1 rings (SSSR count). The van der Waals surface area contributed by atoms with E-state index in [1.54, 1.807) is 0 Å². The third-order valence-electron chi connectivity index (χ3n) is 2.43. The molecule has 4 heteroatoms. The van der Waals surface area contributed by atoms with E-state index in [0.717, 1.165) is 22.4 Å². The average molecular weight is 227 g/mol. The number of hydrogen-bond donors (Lipinski definition) is 2. The zero-order chi connectivity index (χ0) is 11.4. The molecule has 0 saturated heterocycles. The molecule has 0 spiro atoms. The van der Waals surface area contributed by atoms with Crippen LogP contribution in [0.3, 0.4) is 0 Å². The molecule has 0 radical (unpaired) electrons. The monoisotopic (exact) mass is 226 g/mol. The normalized spacial score (nSPS) is 10.1. The van der Waals surface area contributed by atoms with E-state index in [1.807, 2.05) is 26.0 Å². The van der Waals surface area contributed by atoms with Gasteiger partial charge in [0, 0.05) is 12.2 Å². The Morgan fingerprint density at radius 1 is 1.47 bits per heavy atom. The van der Waals surface area contributed by atoms with Gasteiger partial charge < -0.3 is 11.1 Å². The van der Waals surface area contributed by atoms with Crippen LogP contribution >= 0.6 is 11.6 Å².